The van der Waals surface area contributed by atoms with E-state index in [0.29, 0.717) is 5.56 Å². The van der Waals surface area contributed by atoms with Gasteiger partial charge in [-0.25, -0.2) is 8.42 Å². The van der Waals surface area contributed by atoms with E-state index in [-0.39, 0.29) is 4.91 Å². The Labute approximate surface area is 95.1 Å². The number of benzene rings is 2. The molecule has 0 atom stereocenters. The van der Waals surface area contributed by atoms with Gasteiger partial charge in [-0.15, -0.1) is 0 Å². The molecule has 0 saturated carbocycles. The Morgan fingerprint density at radius 3 is 2.38 bits per heavy atom. The molecule has 0 spiro atoms. The molecule has 0 aliphatic heterocycles. The van der Waals surface area contributed by atoms with E-state index in [9.17, 15) is 8.42 Å². The van der Waals surface area contributed by atoms with E-state index in [1.54, 1.807) is 6.07 Å². The standard InChI is InChI=1S/C13H12O2S/c1-10(16(2,14)15)12-9-5-7-11-6-3-4-8-13(11)12/h3-9H,1H2,2H3. The van der Waals surface area contributed by atoms with Gasteiger partial charge in [0.05, 0.1) is 4.91 Å². The van der Waals surface area contributed by atoms with Crippen molar-refractivity contribution in [2.45, 2.75) is 0 Å². The number of sulfone groups is 1. The quantitative estimate of drug-likeness (QED) is 0.798. The van der Waals surface area contributed by atoms with E-state index in [4.69, 9.17) is 0 Å². The first-order valence-corrected chi connectivity index (χ1v) is 6.76. The van der Waals surface area contributed by atoms with Crippen LogP contribution in [0, 0.1) is 0 Å². The summed E-state index contributed by atoms with van der Waals surface area (Å²) in [6.45, 7) is 3.66. The van der Waals surface area contributed by atoms with E-state index in [2.05, 4.69) is 6.58 Å². The molecule has 2 aromatic carbocycles. The zero-order valence-electron chi connectivity index (χ0n) is 8.97. The van der Waals surface area contributed by atoms with Gasteiger partial charge in [0, 0.05) is 11.8 Å². The maximum atomic E-state index is 11.5. The molecule has 82 valence electrons. The first-order chi connectivity index (χ1) is 7.50. The van der Waals surface area contributed by atoms with E-state index in [1.807, 2.05) is 36.4 Å². The highest BCUT2D eigenvalue weighted by atomic mass is 32.2. The maximum absolute atomic E-state index is 11.5. The Kier molecular flexibility index (Phi) is 2.56. The molecule has 0 N–H and O–H groups in total. The van der Waals surface area contributed by atoms with Crippen molar-refractivity contribution in [3.63, 3.8) is 0 Å². The summed E-state index contributed by atoms with van der Waals surface area (Å²) in [5.74, 6) is 0. The van der Waals surface area contributed by atoms with Gasteiger partial charge in [-0.2, -0.15) is 0 Å². The van der Waals surface area contributed by atoms with Crippen molar-refractivity contribution >= 4 is 25.5 Å². The summed E-state index contributed by atoms with van der Waals surface area (Å²) in [4.78, 5) is 0.171. The van der Waals surface area contributed by atoms with E-state index in [1.165, 1.54) is 6.26 Å². The van der Waals surface area contributed by atoms with Crippen LogP contribution in [0.15, 0.2) is 49.0 Å². The van der Waals surface area contributed by atoms with Crippen LogP contribution in [-0.2, 0) is 9.84 Å². The smallest absolute Gasteiger partial charge is 0.175 e. The second-order valence-corrected chi connectivity index (χ2v) is 5.76. The second kappa shape index (κ2) is 3.76. The van der Waals surface area contributed by atoms with Gasteiger partial charge < -0.3 is 0 Å². The molecule has 0 unspecified atom stereocenters. The summed E-state index contributed by atoms with van der Waals surface area (Å²) in [5, 5.41) is 1.94. The summed E-state index contributed by atoms with van der Waals surface area (Å²) >= 11 is 0. The average Bonchev–Trinajstić information content (AvgIpc) is 2.26. The number of fused-ring (bicyclic) bond motifs is 1. The van der Waals surface area contributed by atoms with Gasteiger partial charge in [0.25, 0.3) is 0 Å². The first-order valence-electron chi connectivity index (χ1n) is 4.87. The molecule has 0 saturated heterocycles. The summed E-state index contributed by atoms with van der Waals surface area (Å²) < 4.78 is 23.0. The van der Waals surface area contributed by atoms with Gasteiger partial charge in [-0.3, -0.25) is 0 Å². The fourth-order valence-corrected chi connectivity index (χ4v) is 2.25. The van der Waals surface area contributed by atoms with Crippen LogP contribution < -0.4 is 0 Å². The van der Waals surface area contributed by atoms with Crippen molar-refractivity contribution in [3.05, 3.63) is 54.6 Å². The van der Waals surface area contributed by atoms with Crippen molar-refractivity contribution in [3.8, 4) is 0 Å². The second-order valence-electron chi connectivity index (χ2n) is 3.72. The van der Waals surface area contributed by atoms with Gasteiger partial charge >= 0.3 is 0 Å². The van der Waals surface area contributed by atoms with Gasteiger partial charge in [0.15, 0.2) is 9.84 Å². The molecule has 2 aromatic rings. The predicted octanol–water partition coefficient (Wildman–Crippen LogP) is 2.86. The number of hydrogen-bond acceptors (Lipinski definition) is 2. The lowest BCUT2D eigenvalue weighted by Crippen LogP contribution is -1.99. The molecule has 0 fully saturated rings. The molecule has 0 aliphatic rings. The third-order valence-electron chi connectivity index (χ3n) is 2.54. The van der Waals surface area contributed by atoms with Gasteiger partial charge in [-0.1, -0.05) is 49.0 Å². The third kappa shape index (κ3) is 1.86. The average molecular weight is 232 g/mol. The van der Waals surface area contributed by atoms with Crippen LogP contribution in [0.3, 0.4) is 0 Å². The van der Waals surface area contributed by atoms with Crippen molar-refractivity contribution in [1.29, 1.82) is 0 Å². The Morgan fingerprint density at radius 2 is 1.69 bits per heavy atom. The Balaban J connectivity index is 2.75. The number of rotatable bonds is 2. The molecule has 2 rings (SSSR count). The van der Waals surface area contributed by atoms with E-state index < -0.39 is 9.84 Å². The van der Waals surface area contributed by atoms with E-state index in [0.717, 1.165) is 10.8 Å². The van der Waals surface area contributed by atoms with Crippen LogP contribution >= 0.6 is 0 Å². The number of hydrogen-bond donors (Lipinski definition) is 0. The zero-order valence-corrected chi connectivity index (χ0v) is 9.79. The van der Waals surface area contributed by atoms with Crippen LogP contribution in [0.5, 0.6) is 0 Å². The first kappa shape index (κ1) is 10.9. The molecule has 0 aromatic heterocycles. The van der Waals surface area contributed by atoms with Crippen molar-refractivity contribution in [2.75, 3.05) is 6.26 Å². The highest BCUT2D eigenvalue weighted by Crippen LogP contribution is 2.26. The van der Waals surface area contributed by atoms with Crippen LogP contribution in [0.4, 0.5) is 0 Å². The van der Waals surface area contributed by atoms with Crippen LogP contribution in [0.1, 0.15) is 5.56 Å². The summed E-state index contributed by atoms with van der Waals surface area (Å²) in [6.07, 6.45) is 1.18. The molecule has 0 amide bonds. The molecular formula is C13H12O2S. The van der Waals surface area contributed by atoms with Crippen LogP contribution in [-0.4, -0.2) is 14.7 Å². The van der Waals surface area contributed by atoms with E-state index >= 15 is 0 Å². The lowest BCUT2D eigenvalue weighted by molar-refractivity contribution is 0.611. The van der Waals surface area contributed by atoms with Gasteiger partial charge in [-0.05, 0) is 10.8 Å². The van der Waals surface area contributed by atoms with Crippen LogP contribution in [0.25, 0.3) is 15.7 Å². The molecule has 0 aliphatic carbocycles. The van der Waals surface area contributed by atoms with Gasteiger partial charge in [0.2, 0.25) is 0 Å². The predicted molar refractivity (Wildman–Crippen MR) is 67.8 cm³/mol. The minimum atomic E-state index is -3.24. The van der Waals surface area contributed by atoms with Crippen molar-refractivity contribution in [2.24, 2.45) is 0 Å². The Bertz CT molecular complexity index is 649. The highest BCUT2D eigenvalue weighted by Gasteiger charge is 2.13. The lowest BCUT2D eigenvalue weighted by Gasteiger charge is -2.07. The Hall–Kier alpha value is -1.61. The van der Waals surface area contributed by atoms with Gasteiger partial charge in [0.1, 0.15) is 0 Å². The fraction of sp³-hybridized carbons (Fsp3) is 0.0769. The molecule has 3 heteroatoms. The van der Waals surface area contributed by atoms with Crippen LogP contribution in [0.2, 0.25) is 0 Å². The monoisotopic (exact) mass is 232 g/mol. The largest absolute Gasteiger partial charge is 0.224 e. The summed E-state index contributed by atoms with van der Waals surface area (Å²) in [6, 6.07) is 13.3. The normalized spacial score (nSPS) is 11.6. The SMILES string of the molecule is C=C(c1cccc2ccccc12)S(C)(=O)=O. The minimum Gasteiger partial charge on any atom is -0.224 e. The van der Waals surface area contributed by atoms with Crippen molar-refractivity contribution < 1.29 is 8.42 Å². The fourth-order valence-electron chi connectivity index (χ4n) is 1.67. The lowest BCUT2D eigenvalue weighted by atomic mass is 10.0. The molecular weight excluding hydrogens is 220 g/mol. The summed E-state index contributed by atoms with van der Waals surface area (Å²) in [7, 11) is -3.24. The highest BCUT2D eigenvalue weighted by molar-refractivity contribution is 7.99. The third-order valence-corrected chi connectivity index (χ3v) is 3.65. The minimum absolute atomic E-state index is 0.171. The topological polar surface area (TPSA) is 34.1 Å². The maximum Gasteiger partial charge on any atom is 0.175 e. The molecule has 16 heavy (non-hydrogen) atoms. The summed E-state index contributed by atoms with van der Waals surface area (Å²) in [5.41, 5.74) is 0.681. The molecule has 0 heterocycles. The zero-order chi connectivity index (χ0) is 11.8. The molecule has 0 bridgehead atoms. The molecule has 2 nitrogen and oxygen atoms in total. The molecule has 0 radical (unpaired) electrons. The van der Waals surface area contributed by atoms with Crippen molar-refractivity contribution in [1.82, 2.24) is 0 Å². The Morgan fingerprint density at radius 1 is 1.06 bits per heavy atom.